The van der Waals surface area contributed by atoms with Crippen molar-refractivity contribution in [3.05, 3.63) is 0 Å². The SMILES string of the molecule is CC(C)[C@H](CO)N(C(=O)O)C(C)(C)C. The van der Waals surface area contributed by atoms with Crippen molar-refractivity contribution >= 4 is 6.09 Å². The molecule has 0 aliphatic carbocycles. The molecule has 0 unspecified atom stereocenters. The molecule has 2 N–H and O–H groups in total. The maximum atomic E-state index is 11.1. The Hall–Kier alpha value is -0.770. The maximum Gasteiger partial charge on any atom is 0.408 e. The Morgan fingerprint density at radius 1 is 1.36 bits per heavy atom. The smallest absolute Gasteiger partial charge is 0.408 e. The number of nitrogens with zero attached hydrogens (tertiary/aromatic N) is 1. The summed E-state index contributed by atoms with van der Waals surface area (Å²) in [6, 6.07) is -0.340. The van der Waals surface area contributed by atoms with Gasteiger partial charge >= 0.3 is 6.09 Å². The van der Waals surface area contributed by atoms with Gasteiger partial charge in [0.1, 0.15) is 0 Å². The molecule has 0 spiro atoms. The van der Waals surface area contributed by atoms with Crippen LogP contribution in [0.15, 0.2) is 0 Å². The van der Waals surface area contributed by atoms with E-state index >= 15 is 0 Å². The number of carboxylic acid groups (broad SMARTS) is 1. The average molecular weight is 203 g/mol. The first-order valence-electron chi connectivity index (χ1n) is 4.85. The monoisotopic (exact) mass is 203 g/mol. The molecule has 0 aliphatic rings. The zero-order chi connectivity index (χ0) is 11.5. The van der Waals surface area contributed by atoms with E-state index in [9.17, 15) is 9.90 Å². The van der Waals surface area contributed by atoms with Crippen molar-refractivity contribution in [1.29, 1.82) is 0 Å². The highest BCUT2D eigenvalue weighted by Crippen LogP contribution is 2.21. The van der Waals surface area contributed by atoms with E-state index in [2.05, 4.69) is 0 Å². The van der Waals surface area contributed by atoms with E-state index in [0.29, 0.717) is 0 Å². The number of hydrogen-bond donors (Lipinski definition) is 2. The van der Waals surface area contributed by atoms with Gasteiger partial charge in [0.25, 0.3) is 0 Å². The zero-order valence-corrected chi connectivity index (χ0v) is 9.61. The number of hydrogen-bond acceptors (Lipinski definition) is 2. The molecule has 0 aliphatic heterocycles. The lowest BCUT2D eigenvalue weighted by atomic mass is 9.97. The van der Waals surface area contributed by atoms with E-state index in [1.807, 2.05) is 34.6 Å². The van der Waals surface area contributed by atoms with Crippen LogP contribution in [0.1, 0.15) is 34.6 Å². The van der Waals surface area contributed by atoms with Crippen molar-refractivity contribution in [2.75, 3.05) is 6.61 Å². The lowest BCUT2D eigenvalue weighted by Gasteiger charge is -2.40. The van der Waals surface area contributed by atoms with Crippen LogP contribution in [0.4, 0.5) is 4.79 Å². The minimum absolute atomic E-state index is 0.107. The normalized spacial score (nSPS) is 14.2. The Morgan fingerprint density at radius 3 is 1.86 bits per heavy atom. The fraction of sp³-hybridized carbons (Fsp3) is 0.900. The minimum atomic E-state index is -0.981. The van der Waals surface area contributed by atoms with Crippen molar-refractivity contribution < 1.29 is 15.0 Å². The summed E-state index contributed by atoms with van der Waals surface area (Å²) in [4.78, 5) is 12.4. The van der Waals surface area contributed by atoms with Gasteiger partial charge in [-0.1, -0.05) is 13.8 Å². The molecule has 0 saturated carbocycles. The molecule has 0 aromatic carbocycles. The van der Waals surface area contributed by atoms with Crippen LogP contribution in [0.25, 0.3) is 0 Å². The Morgan fingerprint density at radius 2 is 1.79 bits per heavy atom. The van der Waals surface area contributed by atoms with Gasteiger partial charge in [0, 0.05) is 5.54 Å². The molecule has 0 rings (SSSR count). The van der Waals surface area contributed by atoms with Crippen LogP contribution >= 0.6 is 0 Å². The van der Waals surface area contributed by atoms with Gasteiger partial charge in [-0.2, -0.15) is 0 Å². The van der Waals surface area contributed by atoms with Gasteiger partial charge < -0.3 is 10.2 Å². The van der Waals surface area contributed by atoms with Crippen LogP contribution in [0.5, 0.6) is 0 Å². The second-order valence-corrected chi connectivity index (χ2v) is 4.82. The summed E-state index contributed by atoms with van der Waals surface area (Å²) in [6.45, 7) is 9.15. The predicted octanol–water partition coefficient (Wildman–Crippen LogP) is 1.78. The molecule has 1 amide bonds. The van der Waals surface area contributed by atoms with Crippen molar-refractivity contribution in [3.8, 4) is 0 Å². The van der Waals surface area contributed by atoms with Gasteiger partial charge in [-0.15, -0.1) is 0 Å². The minimum Gasteiger partial charge on any atom is -0.465 e. The predicted molar refractivity (Wildman–Crippen MR) is 55.3 cm³/mol. The van der Waals surface area contributed by atoms with Crippen molar-refractivity contribution in [2.45, 2.75) is 46.2 Å². The van der Waals surface area contributed by atoms with Crippen LogP contribution in [0, 0.1) is 5.92 Å². The quantitative estimate of drug-likeness (QED) is 0.735. The van der Waals surface area contributed by atoms with Gasteiger partial charge in [-0.3, -0.25) is 4.90 Å². The summed E-state index contributed by atoms with van der Waals surface area (Å²) in [5.41, 5.74) is -0.483. The van der Waals surface area contributed by atoms with Gasteiger partial charge in [0.05, 0.1) is 12.6 Å². The first-order chi connectivity index (χ1) is 6.21. The van der Waals surface area contributed by atoms with Crippen LogP contribution < -0.4 is 0 Å². The molecule has 0 bridgehead atoms. The largest absolute Gasteiger partial charge is 0.465 e. The van der Waals surface area contributed by atoms with E-state index in [1.165, 1.54) is 4.90 Å². The summed E-state index contributed by atoms with van der Waals surface area (Å²) in [5.74, 6) is 0.107. The second kappa shape index (κ2) is 4.64. The number of carbonyl (C=O) groups is 1. The van der Waals surface area contributed by atoms with E-state index in [4.69, 9.17) is 5.11 Å². The molecule has 0 aromatic heterocycles. The lowest BCUT2D eigenvalue weighted by Crippen LogP contribution is -2.54. The number of aliphatic hydroxyl groups is 1. The fourth-order valence-corrected chi connectivity index (χ4v) is 1.52. The van der Waals surface area contributed by atoms with Crippen LogP contribution in [-0.2, 0) is 0 Å². The van der Waals surface area contributed by atoms with E-state index in [1.54, 1.807) is 0 Å². The van der Waals surface area contributed by atoms with Gasteiger partial charge in [-0.25, -0.2) is 4.79 Å². The molecular formula is C10H21NO3. The van der Waals surface area contributed by atoms with E-state index < -0.39 is 11.6 Å². The average Bonchev–Trinajstić information content (AvgIpc) is 1.95. The van der Waals surface area contributed by atoms with Gasteiger partial charge in [0.2, 0.25) is 0 Å². The van der Waals surface area contributed by atoms with E-state index in [-0.39, 0.29) is 18.6 Å². The molecule has 0 radical (unpaired) electrons. The number of aliphatic hydroxyl groups excluding tert-OH is 1. The first-order valence-corrected chi connectivity index (χ1v) is 4.85. The number of amides is 1. The molecule has 0 aromatic rings. The molecule has 4 heteroatoms. The van der Waals surface area contributed by atoms with Crippen molar-refractivity contribution in [2.24, 2.45) is 5.92 Å². The second-order valence-electron chi connectivity index (χ2n) is 4.82. The Bertz CT molecular complexity index is 196. The molecule has 0 heterocycles. The molecule has 0 fully saturated rings. The molecule has 14 heavy (non-hydrogen) atoms. The zero-order valence-electron chi connectivity index (χ0n) is 9.61. The summed E-state index contributed by atoms with van der Waals surface area (Å²) < 4.78 is 0. The van der Waals surface area contributed by atoms with Gasteiger partial charge in [0.15, 0.2) is 0 Å². The molecule has 4 nitrogen and oxygen atoms in total. The first kappa shape index (κ1) is 13.2. The fourth-order valence-electron chi connectivity index (χ4n) is 1.52. The topological polar surface area (TPSA) is 60.8 Å². The van der Waals surface area contributed by atoms with Gasteiger partial charge in [-0.05, 0) is 26.7 Å². The highest BCUT2D eigenvalue weighted by atomic mass is 16.4. The van der Waals surface area contributed by atoms with Crippen LogP contribution in [0.3, 0.4) is 0 Å². The standard InChI is InChI=1S/C10H21NO3/c1-7(2)8(6-12)11(9(13)14)10(3,4)5/h7-8,12H,6H2,1-5H3,(H,13,14)/t8-/m0/s1. The maximum absolute atomic E-state index is 11.1. The highest BCUT2D eigenvalue weighted by molar-refractivity contribution is 5.66. The Kier molecular flexibility index (Phi) is 4.39. The molecular weight excluding hydrogens is 182 g/mol. The third kappa shape index (κ3) is 3.18. The molecule has 0 saturated heterocycles. The van der Waals surface area contributed by atoms with Crippen LogP contribution in [0.2, 0.25) is 0 Å². The summed E-state index contributed by atoms with van der Waals surface area (Å²) >= 11 is 0. The third-order valence-corrected chi connectivity index (χ3v) is 2.22. The van der Waals surface area contributed by atoms with Crippen molar-refractivity contribution in [3.63, 3.8) is 0 Å². The Labute approximate surface area is 85.5 Å². The van der Waals surface area contributed by atoms with Crippen molar-refractivity contribution in [1.82, 2.24) is 4.90 Å². The lowest BCUT2D eigenvalue weighted by molar-refractivity contribution is 0.0284. The molecule has 1 atom stereocenters. The number of rotatable bonds is 3. The highest BCUT2D eigenvalue weighted by Gasteiger charge is 2.34. The molecule has 84 valence electrons. The summed E-state index contributed by atoms with van der Waals surface area (Å²) in [6.07, 6.45) is -0.981. The van der Waals surface area contributed by atoms with Crippen LogP contribution in [-0.4, -0.2) is 39.4 Å². The summed E-state index contributed by atoms with van der Waals surface area (Å²) in [5, 5.41) is 18.2. The third-order valence-electron chi connectivity index (χ3n) is 2.22. The van der Waals surface area contributed by atoms with E-state index in [0.717, 1.165) is 0 Å². The Balaban J connectivity index is 4.89. The summed E-state index contributed by atoms with van der Waals surface area (Å²) in [7, 11) is 0.